The van der Waals surface area contributed by atoms with Gasteiger partial charge in [-0.25, -0.2) is 13.9 Å². The molecule has 0 radical (unpaired) electrons. The summed E-state index contributed by atoms with van der Waals surface area (Å²) in [5.74, 6) is -0.412. The molecule has 36 heavy (non-hydrogen) atoms. The van der Waals surface area contributed by atoms with Crippen LogP contribution in [-0.4, -0.2) is 94.6 Å². The number of aliphatic hydroxyl groups excluding tert-OH is 1. The minimum absolute atomic E-state index is 0.110. The minimum Gasteiger partial charge on any atom is -0.483 e. The first kappa shape index (κ1) is 25.2. The lowest BCUT2D eigenvalue weighted by Gasteiger charge is -2.22. The highest BCUT2D eigenvalue weighted by molar-refractivity contribution is 5.99. The number of amides is 2. The highest BCUT2D eigenvalue weighted by Crippen LogP contribution is 2.27. The molecule has 0 aromatic carbocycles. The van der Waals surface area contributed by atoms with E-state index in [9.17, 15) is 19.1 Å². The monoisotopic (exact) mass is 501 g/mol. The summed E-state index contributed by atoms with van der Waals surface area (Å²) in [4.78, 5) is 42.3. The summed E-state index contributed by atoms with van der Waals surface area (Å²) >= 11 is 0. The predicted molar refractivity (Wildman–Crippen MR) is 124 cm³/mol. The number of aryl methyl sites for hydroxylation is 1. The number of carbonyl (C=O) groups excluding carboxylic acids is 2. The molecule has 1 fully saturated rings. The molecule has 2 N–H and O–H groups in total. The molecule has 1 saturated heterocycles. The fraction of sp³-hybridized carbons (Fsp3) is 0.478. The van der Waals surface area contributed by atoms with E-state index in [1.807, 2.05) is 0 Å². The second-order valence-electron chi connectivity index (χ2n) is 8.83. The molecule has 5 rings (SSSR count). The standard InChI is InChI=1S/C22H26FN7O3.CH2O2/c23-22(15-31)4-1-7-27(11-5-22)21(33)18-12-16-14-28(8-3-10-29(16)26-18)20(32)17-13-25-30-9-2-6-24-19(17)30;2-1-3/h2,6,9,12-13,31H,1,3-5,7-8,10-11,14-15H2;1H,(H,2,3). The number of carbonyl (C=O) groups is 3. The van der Waals surface area contributed by atoms with Gasteiger partial charge < -0.3 is 20.0 Å². The fourth-order valence-corrected chi connectivity index (χ4v) is 4.57. The molecule has 0 saturated carbocycles. The van der Waals surface area contributed by atoms with Gasteiger partial charge in [0.1, 0.15) is 11.2 Å². The van der Waals surface area contributed by atoms with Crippen molar-refractivity contribution in [3.05, 3.63) is 47.7 Å². The summed E-state index contributed by atoms with van der Waals surface area (Å²) < 4.78 is 17.9. The molecule has 1 atom stereocenters. The van der Waals surface area contributed by atoms with Crippen molar-refractivity contribution in [2.24, 2.45) is 0 Å². The van der Waals surface area contributed by atoms with Crippen LogP contribution in [-0.2, 0) is 17.9 Å². The second-order valence-corrected chi connectivity index (χ2v) is 8.83. The van der Waals surface area contributed by atoms with Gasteiger partial charge in [0.15, 0.2) is 11.3 Å². The third-order valence-corrected chi connectivity index (χ3v) is 6.48. The Hall–Kier alpha value is -3.87. The summed E-state index contributed by atoms with van der Waals surface area (Å²) in [5.41, 5.74) is 0.381. The average molecular weight is 502 g/mol. The van der Waals surface area contributed by atoms with Gasteiger partial charge in [-0.05, 0) is 31.4 Å². The van der Waals surface area contributed by atoms with Crippen molar-refractivity contribution >= 4 is 23.9 Å². The number of alkyl halides is 1. The molecule has 5 heterocycles. The fourth-order valence-electron chi connectivity index (χ4n) is 4.57. The molecule has 3 aromatic heterocycles. The van der Waals surface area contributed by atoms with Crippen LogP contribution in [0.4, 0.5) is 4.39 Å². The summed E-state index contributed by atoms with van der Waals surface area (Å²) in [6.45, 7) is 1.36. The molecule has 12 nitrogen and oxygen atoms in total. The van der Waals surface area contributed by atoms with Gasteiger partial charge in [-0.1, -0.05) is 0 Å². The maximum Gasteiger partial charge on any atom is 0.290 e. The first-order valence-electron chi connectivity index (χ1n) is 11.7. The molecule has 2 aliphatic rings. The van der Waals surface area contributed by atoms with Crippen molar-refractivity contribution < 1.29 is 29.0 Å². The van der Waals surface area contributed by atoms with Gasteiger partial charge >= 0.3 is 0 Å². The maximum atomic E-state index is 14.5. The summed E-state index contributed by atoms with van der Waals surface area (Å²) in [6, 6.07) is 3.47. The van der Waals surface area contributed by atoms with Crippen molar-refractivity contribution in [2.45, 2.75) is 44.4 Å². The first-order valence-corrected chi connectivity index (χ1v) is 11.7. The molecule has 1 unspecified atom stereocenters. The zero-order valence-electron chi connectivity index (χ0n) is 19.7. The number of aromatic nitrogens is 5. The number of halogens is 1. The lowest BCUT2D eigenvalue weighted by molar-refractivity contribution is -0.122. The molecule has 2 aliphatic heterocycles. The van der Waals surface area contributed by atoms with Gasteiger partial charge in [0.25, 0.3) is 18.3 Å². The number of likely N-dealkylation sites (tertiary alicyclic amines) is 1. The Morgan fingerprint density at radius 1 is 1.11 bits per heavy atom. The molecule has 2 amide bonds. The number of fused-ring (bicyclic) bond motifs is 2. The van der Waals surface area contributed by atoms with E-state index in [-0.39, 0.29) is 37.7 Å². The van der Waals surface area contributed by atoms with Crippen LogP contribution in [0.15, 0.2) is 30.7 Å². The second kappa shape index (κ2) is 10.8. The summed E-state index contributed by atoms with van der Waals surface area (Å²) in [7, 11) is 0. The van der Waals surface area contributed by atoms with Crippen LogP contribution in [0, 0.1) is 0 Å². The van der Waals surface area contributed by atoms with Gasteiger partial charge in [0.05, 0.1) is 25.0 Å². The number of aliphatic hydroxyl groups is 1. The normalized spacial score (nSPS) is 20.1. The van der Waals surface area contributed by atoms with E-state index in [0.717, 1.165) is 5.69 Å². The lowest BCUT2D eigenvalue weighted by Crippen LogP contribution is -2.34. The quantitative estimate of drug-likeness (QED) is 0.506. The Morgan fingerprint density at radius 2 is 1.89 bits per heavy atom. The number of hydrogen-bond acceptors (Lipinski definition) is 7. The van der Waals surface area contributed by atoms with Crippen LogP contribution in [0.1, 0.15) is 52.2 Å². The number of carboxylic acid groups (broad SMARTS) is 1. The van der Waals surface area contributed by atoms with Crippen molar-refractivity contribution in [3.63, 3.8) is 0 Å². The molecule has 192 valence electrons. The van der Waals surface area contributed by atoms with E-state index < -0.39 is 12.3 Å². The SMILES string of the molecule is O=C(c1cc2n(n1)CCCN(C(=O)c1cnn3cccnc13)C2)N1CCCC(F)(CO)CC1.O=CO. The molecular formula is C23H28FN7O5. The molecule has 13 heteroatoms. The van der Waals surface area contributed by atoms with Gasteiger partial charge in [-0.2, -0.15) is 10.2 Å². The van der Waals surface area contributed by atoms with Crippen molar-refractivity contribution in [2.75, 3.05) is 26.2 Å². The average Bonchev–Trinajstić information content (AvgIpc) is 3.37. The van der Waals surface area contributed by atoms with Crippen molar-refractivity contribution in [1.29, 1.82) is 0 Å². The van der Waals surface area contributed by atoms with E-state index in [0.29, 0.717) is 55.9 Å². The third kappa shape index (κ3) is 5.20. The van der Waals surface area contributed by atoms with Crippen LogP contribution in [0.3, 0.4) is 0 Å². The van der Waals surface area contributed by atoms with E-state index in [1.165, 1.54) is 6.20 Å². The lowest BCUT2D eigenvalue weighted by atomic mass is 9.98. The zero-order chi connectivity index (χ0) is 25.7. The Labute approximate surface area is 205 Å². The number of hydrogen-bond donors (Lipinski definition) is 2. The highest BCUT2D eigenvalue weighted by atomic mass is 19.1. The van der Waals surface area contributed by atoms with E-state index in [2.05, 4.69) is 15.2 Å². The largest absolute Gasteiger partial charge is 0.483 e. The third-order valence-electron chi connectivity index (χ3n) is 6.48. The van der Waals surface area contributed by atoms with Crippen molar-refractivity contribution in [3.8, 4) is 0 Å². The summed E-state index contributed by atoms with van der Waals surface area (Å²) in [6.07, 6.45) is 6.43. The van der Waals surface area contributed by atoms with Crippen LogP contribution in [0.2, 0.25) is 0 Å². The van der Waals surface area contributed by atoms with Gasteiger partial charge in [-0.15, -0.1) is 0 Å². The maximum absolute atomic E-state index is 14.5. The molecule has 3 aromatic rings. The Morgan fingerprint density at radius 3 is 2.67 bits per heavy atom. The molecule has 0 spiro atoms. The minimum atomic E-state index is -1.63. The smallest absolute Gasteiger partial charge is 0.290 e. The van der Waals surface area contributed by atoms with E-state index >= 15 is 0 Å². The first-order chi connectivity index (χ1) is 17.4. The van der Waals surface area contributed by atoms with Gasteiger partial charge in [0.2, 0.25) is 0 Å². The van der Waals surface area contributed by atoms with Crippen molar-refractivity contribution in [1.82, 2.24) is 34.2 Å². The predicted octanol–water partition coefficient (Wildman–Crippen LogP) is 0.999. The highest BCUT2D eigenvalue weighted by Gasteiger charge is 2.34. The Balaban J connectivity index is 0.000000967. The van der Waals surface area contributed by atoms with E-state index in [4.69, 9.17) is 9.90 Å². The van der Waals surface area contributed by atoms with Gasteiger partial charge in [-0.3, -0.25) is 19.1 Å². The van der Waals surface area contributed by atoms with Crippen LogP contribution in [0.25, 0.3) is 5.65 Å². The van der Waals surface area contributed by atoms with E-state index in [1.54, 1.807) is 43.5 Å². The van der Waals surface area contributed by atoms with Crippen LogP contribution in [0.5, 0.6) is 0 Å². The molecular weight excluding hydrogens is 473 g/mol. The van der Waals surface area contributed by atoms with Crippen LogP contribution >= 0.6 is 0 Å². The number of nitrogens with zero attached hydrogens (tertiary/aromatic N) is 7. The molecule has 0 aliphatic carbocycles. The Kier molecular flexibility index (Phi) is 7.58. The van der Waals surface area contributed by atoms with Crippen LogP contribution < -0.4 is 0 Å². The Bertz CT molecular complexity index is 1240. The van der Waals surface area contributed by atoms with Gasteiger partial charge in [0, 0.05) is 45.0 Å². The number of rotatable bonds is 3. The summed E-state index contributed by atoms with van der Waals surface area (Å²) in [5, 5.41) is 24.9. The molecule has 0 bridgehead atoms. The zero-order valence-corrected chi connectivity index (χ0v) is 19.7. The topological polar surface area (TPSA) is 146 Å².